The molecular weight excluding hydrogens is 168 g/mol. The van der Waals surface area contributed by atoms with E-state index in [2.05, 4.69) is 57.5 Å². The summed E-state index contributed by atoms with van der Waals surface area (Å²) in [7, 11) is 0. The molecule has 0 saturated heterocycles. The molecule has 0 amide bonds. The molecule has 0 spiro atoms. The van der Waals surface area contributed by atoms with Crippen LogP contribution < -0.4 is 0 Å². The first-order valence-electron chi connectivity index (χ1n) is 5.29. The molecule has 0 aromatic heterocycles. The van der Waals surface area contributed by atoms with Crippen molar-refractivity contribution in [1.29, 1.82) is 0 Å². The lowest BCUT2D eigenvalue weighted by Crippen LogP contribution is -2.22. The standard InChI is InChI=1S/C14H20/c1-5-14(3,4)12(2)11-13-9-7-6-8-10-13/h6-10,12H,11H2,1-4H3. The molecule has 76 valence electrons. The van der Waals surface area contributed by atoms with Crippen LogP contribution >= 0.6 is 0 Å². The summed E-state index contributed by atoms with van der Waals surface area (Å²) >= 11 is 0. The first kappa shape index (κ1) is 11.3. The van der Waals surface area contributed by atoms with Crippen molar-refractivity contribution in [2.75, 3.05) is 0 Å². The molecular formula is C14H20. The van der Waals surface area contributed by atoms with E-state index in [-0.39, 0.29) is 5.41 Å². The number of hydrogen-bond donors (Lipinski definition) is 0. The van der Waals surface area contributed by atoms with Gasteiger partial charge in [0.1, 0.15) is 0 Å². The van der Waals surface area contributed by atoms with Gasteiger partial charge in [0.2, 0.25) is 0 Å². The van der Waals surface area contributed by atoms with E-state index in [9.17, 15) is 0 Å². The third kappa shape index (κ3) is 2.87. The maximum Gasteiger partial charge on any atom is -0.0143 e. The molecule has 1 aromatic rings. The molecule has 1 aromatic carbocycles. The van der Waals surface area contributed by atoms with Crippen molar-refractivity contribution < 1.29 is 0 Å². The topological polar surface area (TPSA) is 0 Å². The third-order valence-corrected chi connectivity index (χ3v) is 3.26. The minimum absolute atomic E-state index is 0.204. The van der Waals surface area contributed by atoms with Gasteiger partial charge in [-0.25, -0.2) is 0 Å². The van der Waals surface area contributed by atoms with E-state index < -0.39 is 0 Å². The van der Waals surface area contributed by atoms with E-state index in [1.54, 1.807) is 0 Å². The zero-order valence-corrected chi connectivity index (χ0v) is 9.67. The summed E-state index contributed by atoms with van der Waals surface area (Å²) in [6.45, 7) is 8.83. The van der Waals surface area contributed by atoms with Crippen molar-refractivity contribution >= 4 is 0 Å². The quantitative estimate of drug-likeness (QED) is 0.670. The molecule has 2 radical (unpaired) electrons. The van der Waals surface area contributed by atoms with Gasteiger partial charge in [0.15, 0.2) is 0 Å². The highest BCUT2D eigenvalue weighted by atomic mass is 14.3. The van der Waals surface area contributed by atoms with Gasteiger partial charge in [-0.1, -0.05) is 58.0 Å². The van der Waals surface area contributed by atoms with Crippen LogP contribution in [-0.4, -0.2) is 0 Å². The first-order valence-corrected chi connectivity index (χ1v) is 5.29. The van der Waals surface area contributed by atoms with Gasteiger partial charge in [-0.2, -0.15) is 0 Å². The Hall–Kier alpha value is -0.780. The molecule has 0 aliphatic carbocycles. The van der Waals surface area contributed by atoms with Crippen LogP contribution in [0.15, 0.2) is 30.3 Å². The molecule has 1 rings (SSSR count). The summed E-state index contributed by atoms with van der Waals surface area (Å²) in [5.74, 6) is 0.634. The predicted molar refractivity (Wildman–Crippen MR) is 62.0 cm³/mol. The Kier molecular flexibility index (Phi) is 3.74. The zero-order chi connectivity index (χ0) is 10.6. The Morgan fingerprint density at radius 3 is 2.29 bits per heavy atom. The normalized spacial score (nSPS) is 14.0. The van der Waals surface area contributed by atoms with Gasteiger partial charge < -0.3 is 0 Å². The summed E-state index contributed by atoms with van der Waals surface area (Å²) in [4.78, 5) is 0. The van der Waals surface area contributed by atoms with Crippen molar-refractivity contribution in [3.63, 3.8) is 0 Å². The van der Waals surface area contributed by atoms with Crippen molar-refractivity contribution in [2.24, 2.45) is 11.3 Å². The van der Waals surface area contributed by atoms with Crippen LogP contribution in [0.4, 0.5) is 0 Å². The second-order valence-corrected chi connectivity index (χ2v) is 4.56. The van der Waals surface area contributed by atoms with Gasteiger partial charge in [0.05, 0.1) is 0 Å². The van der Waals surface area contributed by atoms with Crippen LogP contribution in [0.3, 0.4) is 0 Å². The van der Waals surface area contributed by atoms with E-state index in [0.717, 1.165) is 6.42 Å². The Bertz CT molecular complexity index is 259. The maximum absolute atomic E-state index is 3.36. The van der Waals surface area contributed by atoms with Crippen LogP contribution in [0.5, 0.6) is 0 Å². The molecule has 0 aliphatic heterocycles. The SMILES string of the molecule is C[C]C(C)(C)C(C)Cc1ccccc1. The smallest absolute Gasteiger partial charge is 0.0143 e. The highest BCUT2D eigenvalue weighted by Crippen LogP contribution is 2.31. The highest BCUT2D eigenvalue weighted by Gasteiger charge is 2.23. The molecule has 0 heterocycles. The van der Waals surface area contributed by atoms with Crippen LogP contribution in [-0.2, 0) is 6.42 Å². The fraction of sp³-hybridized carbons (Fsp3) is 0.500. The maximum atomic E-state index is 3.36. The Morgan fingerprint density at radius 1 is 1.21 bits per heavy atom. The van der Waals surface area contributed by atoms with E-state index in [0.29, 0.717) is 5.92 Å². The van der Waals surface area contributed by atoms with Gasteiger partial charge >= 0.3 is 0 Å². The van der Waals surface area contributed by atoms with E-state index in [1.165, 1.54) is 5.56 Å². The van der Waals surface area contributed by atoms with Crippen molar-refractivity contribution in [1.82, 2.24) is 0 Å². The summed E-state index contributed by atoms with van der Waals surface area (Å²) in [6.07, 6.45) is 4.49. The van der Waals surface area contributed by atoms with Gasteiger partial charge in [-0.3, -0.25) is 0 Å². The molecule has 1 atom stereocenters. The Balaban J connectivity index is 2.62. The van der Waals surface area contributed by atoms with Crippen molar-refractivity contribution in [2.45, 2.75) is 34.1 Å². The monoisotopic (exact) mass is 188 g/mol. The van der Waals surface area contributed by atoms with Crippen molar-refractivity contribution in [3.8, 4) is 0 Å². The summed E-state index contributed by atoms with van der Waals surface area (Å²) in [6, 6.07) is 10.7. The second kappa shape index (κ2) is 4.63. The Morgan fingerprint density at radius 2 is 1.79 bits per heavy atom. The van der Waals surface area contributed by atoms with E-state index in [4.69, 9.17) is 0 Å². The summed E-state index contributed by atoms with van der Waals surface area (Å²) in [5.41, 5.74) is 1.62. The molecule has 0 bridgehead atoms. The average molecular weight is 188 g/mol. The fourth-order valence-electron chi connectivity index (χ4n) is 1.47. The van der Waals surface area contributed by atoms with Crippen LogP contribution in [0.25, 0.3) is 0 Å². The fourth-order valence-corrected chi connectivity index (χ4v) is 1.47. The van der Waals surface area contributed by atoms with Gasteiger partial charge in [-0.05, 0) is 29.7 Å². The number of rotatable bonds is 4. The zero-order valence-electron chi connectivity index (χ0n) is 9.67. The molecule has 0 fully saturated rings. The number of hydrogen-bond acceptors (Lipinski definition) is 0. The highest BCUT2D eigenvalue weighted by molar-refractivity contribution is 5.15. The van der Waals surface area contributed by atoms with Crippen molar-refractivity contribution in [3.05, 3.63) is 42.3 Å². The summed E-state index contributed by atoms with van der Waals surface area (Å²) < 4.78 is 0. The lowest BCUT2D eigenvalue weighted by Gasteiger charge is -2.30. The molecule has 0 aliphatic rings. The lowest BCUT2D eigenvalue weighted by atomic mass is 9.75. The molecule has 0 N–H and O–H groups in total. The van der Waals surface area contributed by atoms with Crippen LogP contribution in [0, 0.1) is 17.8 Å². The van der Waals surface area contributed by atoms with Crippen LogP contribution in [0.2, 0.25) is 0 Å². The van der Waals surface area contributed by atoms with Gasteiger partial charge in [-0.15, -0.1) is 0 Å². The van der Waals surface area contributed by atoms with E-state index in [1.807, 2.05) is 6.92 Å². The van der Waals surface area contributed by atoms with Gasteiger partial charge in [0, 0.05) is 0 Å². The predicted octanol–water partition coefficient (Wildman–Crippen LogP) is 3.99. The first-order chi connectivity index (χ1) is 6.56. The third-order valence-electron chi connectivity index (χ3n) is 3.26. The minimum Gasteiger partial charge on any atom is -0.0622 e. The minimum atomic E-state index is 0.204. The lowest BCUT2D eigenvalue weighted by molar-refractivity contribution is 0.279. The molecule has 0 heteroatoms. The Labute approximate surface area is 88.4 Å². The van der Waals surface area contributed by atoms with Crippen LogP contribution in [0.1, 0.15) is 33.3 Å². The second-order valence-electron chi connectivity index (χ2n) is 4.56. The molecule has 0 saturated carbocycles. The molecule has 14 heavy (non-hydrogen) atoms. The van der Waals surface area contributed by atoms with E-state index >= 15 is 0 Å². The molecule has 1 unspecified atom stereocenters. The number of benzene rings is 1. The summed E-state index contributed by atoms with van der Waals surface area (Å²) in [5, 5.41) is 0. The largest absolute Gasteiger partial charge is 0.0622 e. The molecule has 0 nitrogen and oxygen atoms in total. The average Bonchev–Trinajstić information content (AvgIpc) is 2.19. The van der Waals surface area contributed by atoms with Gasteiger partial charge in [0.25, 0.3) is 0 Å².